The van der Waals surface area contributed by atoms with Crippen LogP contribution in [-0.2, 0) is 0 Å². The molecule has 0 radical (unpaired) electrons. The second-order valence-electron chi connectivity index (χ2n) is 2.95. The number of fused-ring (bicyclic) bond motifs is 1. The van der Waals surface area contributed by atoms with E-state index in [0.29, 0.717) is 4.88 Å². The normalized spacial score (nSPS) is 10.7. The molecule has 2 nitrogen and oxygen atoms in total. The van der Waals surface area contributed by atoms with Crippen molar-refractivity contribution in [2.24, 2.45) is 0 Å². The van der Waals surface area contributed by atoms with E-state index in [9.17, 15) is 9.90 Å². The van der Waals surface area contributed by atoms with Crippen LogP contribution in [0.15, 0.2) is 22.7 Å². The van der Waals surface area contributed by atoms with Gasteiger partial charge in [-0.15, -0.1) is 11.3 Å². The Morgan fingerprint density at radius 3 is 2.79 bits per heavy atom. The maximum Gasteiger partial charge on any atom is 0.173 e. The molecule has 0 aliphatic carbocycles. The lowest BCUT2D eigenvalue weighted by atomic mass is 10.2. The fraction of sp³-hybridized carbons (Fsp3) is 0.100. The molecule has 1 aromatic carbocycles. The number of halogens is 1. The van der Waals surface area contributed by atoms with Crippen LogP contribution in [0.5, 0.6) is 5.75 Å². The Morgan fingerprint density at radius 1 is 1.50 bits per heavy atom. The maximum absolute atomic E-state index is 11.2. The molecule has 0 fully saturated rings. The van der Waals surface area contributed by atoms with E-state index in [-0.39, 0.29) is 11.5 Å². The van der Waals surface area contributed by atoms with Crippen molar-refractivity contribution >= 4 is 43.1 Å². The zero-order valence-electron chi connectivity index (χ0n) is 7.37. The number of ketones is 1. The van der Waals surface area contributed by atoms with Gasteiger partial charge in [0.15, 0.2) is 5.78 Å². The molecule has 0 saturated heterocycles. The first-order valence-electron chi connectivity index (χ1n) is 4.02. The largest absolute Gasteiger partial charge is 0.506 e. The van der Waals surface area contributed by atoms with E-state index < -0.39 is 0 Å². The molecule has 0 amide bonds. The second-order valence-corrected chi connectivity index (χ2v) is 4.83. The van der Waals surface area contributed by atoms with Crippen molar-refractivity contribution in [3.05, 3.63) is 27.5 Å². The standard InChI is InChI=1S/C10H7BrO2S/c1-5(12)9-8(13)6-3-2-4-7(11)10(6)14-9/h2-4,13H,1H3. The molecule has 1 N–H and O–H groups in total. The summed E-state index contributed by atoms with van der Waals surface area (Å²) in [5.74, 6) is -0.00519. The first kappa shape index (κ1) is 9.68. The molecule has 2 aromatic rings. The Balaban J connectivity index is 2.86. The fourth-order valence-electron chi connectivity index (χ4n) is 1.31. The number of carbonyl (C=O) groups is 1. The summed E-state index contributed by atoms with van der Waals surface area (Å²) in [6.07, 6.45) is 0. The average molecular weight is 271 g/mol. The number of benzene rings is 1. The van der Waals surface area contributed by atoms with E-state index in [0.717, 1.165) is 14.6 Å². The van der Waals surface area contributed by atoms with Crippen LogP contribution in [-0.4, -0.2) is 10.9 Å². The van der Waals surface area contributed by atoms with Crippen molar-refractivity contribution in [2.45, 2.75) is 6.92 Å². The highest BCUT2D eigenvalue weighted by atomic mass is 79.9. The van der Waals surface area contributed by atoms with Crippen LogP contribution < -0.4 is 0 Å². The van der Waals surface area contributed by atoms with E-state index in [4.69, 9.17) is 0 Å². The van der Waals surface area contributed by atoms with Gasteiger partial charge in [0.05, 0.1) is 4.70 Å². The number of thiophene rings is 1. The van der Waals surface area contributed by atoms with Gasteiger partial charge in [0.25, 0.3) is 0 Å². The van der Waals surface area contributed by atoms with Crippen LogP contribution in [0.4, 0.5) is 0 Å². The molecule has 4 heteroatoms. The summed E-state index contributed by atoms with van der Waals surface area (Å²) in [4.78, 5) is 11.6. The van der Waals surface area contributed by atoms with Crippen LogP contribution in [0, 0.1) is 0 Å². The van der Waals surface area contributed by atoms with Crippen molar-refractivity contribution in [2.75, 3.05) is 0 Å². The highest BCUT2D eigenvalue weighted by Gasteiger charge is 2.15. The number of aromatic hydroxyl groups is 1. The van der Waals surface area contributed by atoms with Gasteiger partial charge < -0.3 is 5.11 Å². The number of rotatable bonds is 1. The zero-order valence-corrected chi connectivity index (χ0v) is 9.78. The summed E-state index contributed by atoms with van der Waals surface area (Å²) >= 11 is 4.69. The number of hydrogen-bond acceptors (Lipinski definition) is 3. The van der Waals surface area contributed by atoms with Crippen LogP contribution in [0.2, 0.25) is 0 Å². The van der Waals surface area contributed by atoms with Gasteiger partial charge in [0.2, 0.25) is 0 Å². The maximum atomic E-state index is 11.2. The molecule has 0 spiro atoms. The Bertz CT molecular complexity index is 516. The fourth-order valence-corrected chi connectivity index (χ4v) is 2.91. The first-order valence-corrected chi connectivity index (χ1v) is 5.63. The molecule has 0 bridgehead atoms. The van der Waals surface area contributed by atoms with E-state index in [2.05, 4.69) is 15.9 Å². The van der Waals surface area contributed by atoms with Crippen LogP contribution in [0.25, 0.3) is 10.1 Å². The lowest BCUT2D eigenvalue weighted by Crippen LogP contribution is -1.85. The van der Waals surface area contributed by atoms with Gasteiger partial charge in [-0.3, -0.25) is 4.79 Å². The predicted molar refractivity (Wildman–Crippen MR) is 61.2 cm³/mol. The molecule has 1 heterocycles. The van der Waals surface area contributed by atoms with Crippen molar-refractivity contribution in [3.63, 3.8) is 0 Å². The summed E-state index contributed by atoms with van der Waals surface area (Å²) in [7, 11) is 0. The van der Waals surface area contributed by atoms with Gasteiger partial charge in [0.1, 0.15) is 10.6 Å². The third-order valence-electron chi connectivity index (χ3n) is 1.96. The topological polar surface area (TPSA) is 37.3 Å². The highest BCUT2D eigenvalue weighted by molar-refractivity contribution is 9.10. The first-order chi connectivity index (χ1) is 6.61. The quantitative estimate of drug-likeness (QED) is 0.805. The van der Waals surface area contributed by atoms with Gasteiger partial charge in [0, 0.05) is 16.8 Å². The van der Waals surface area contributed by atoms with E-state index >= 15 is 0 Å². The minimum atomic E-state index is -0.101. The number of hydrogen-bond donors (Lipinski definition) is 1. The van der Waals surface area contributed by atoms with Crippen LogP contribution in [0.3, 0.4) is 0 Å². The van der Waals surface area contributed by atoms with Crippen molar-refractivity contribution in [1.82, 2.24) is 0 Å². The van der Waals surface area contributed by atoms with Crippen molar-refractivity contribution < 1.29 is 9.90 Å². The molecule has 72 valence electrons. The van der Waals surface area contributed by atoms with Gasteiger partial charge in [-0.2, -0.15) is 0 Å². The van der Waals surface area contributed by atoms with Gasteiger partial charge in [-0.05, 0) is 28.1 Å². The predicted octanol–water partition coefficient (Wildman–Crippen LogP) is 3.57. The lowest BCUT2D eigenvalue weighted by Gasteiger charge is -1.92. The molecule has 0 atom stereocenters. The van der Waals surface area contributed by atoms with Gasteiger partial charge in [-0.1, -0.05) is 6.07 Å². The Morgan fingerprint density at radius 2 is 2.21 bits per heavy atom. The Labute approximate surface area is 93.3 Å². The molecular weight excluding hydrogens is 264 g/mol. The van der Waals surface area contributed by atoms with E-state index in [1.165, 1.54) is 18.3 Å². The van der Waals surface area contributed by atoms with Crippen molar-refractivity contribution in [1.29, 1.82) is 0 Å². The summed E-state index contributed by atoms with van der Waals surface area (Å²) in [5, 5.41) is 10.5. The average Bonchev–Trinajstić information content (AvgIpc) is 2.46. The summed E-state index contributed by atoms with van der Waals surface area (Å²) in [6.45, 7) is 1.46. The lowest BCUT2D eigenvalue weighted by molar-refractivity contribution is 0.101. The monoisotopic (exact) mass is 270 g/mol. The van der Waals surface area contributed by atoms with E-state index in [1.54, 1.807) is 6.07 Å². The molecular formula is C10H7BrO2S. The highest BCUT2D eigenvalue weighted by Crippen LogP contribution is 2.40. The molecule has 2 rings (SSSR count). The van der Waals surface area contributed by atoms with Gasteiger partial charge in [-0.25, -0.2) is 0 Å². The Kier molecular flexibility index (Phi) is 2.33. The molecule has 14 heavy (non-hydrogen) atoms. The van der Waals surface area contributed by atoms with Crippen LogP contribution >= 0.6 is 27.3 Å². The number of Topliss-reactive ketones (excluding diaryl/α,β-unsaturated/α-hetero) is 1. The van der Waals surface area contributed by atoms with Crippen LogP contribution in [0.1, 0.15) is 16.6 Å². The molecule has 0 saturated carbocycles. The van der Waals surface area contributed by atoms with E-state index in [1.807, 2.05) is 12.1 Å². The smallest absolute Gasteiger partial charge is 0.173 e. The Hall–Kier alpha value is -0.870. The third-order valence-corrected chi connectivity index (χ3v) is 4.21. The van der Waals surface area contributed by atoms with Gasteiger partial charge >= 0.3 is 0 Å². The SMILES string of the molecule is CC(=O)c1sc2c(Br)cccc2c1O. The number of carbonyl (C=O) groups excluding carboxylic acids is 1. The van der Waals surface area contributed by atoms with Crippen molar-refractivity contribution in [3.8, 4) is 5.75 Å². The second kappa shape index (κ2) is 3.37. The third kappa shape index (κ3) is 1.35. The molecule has 1 aromatic heterocycles. The molecule has 0 aliphatic rings. The summed E-state index contributed by atoms with van der Waals surface area (Å²) in [6, 6.07) is 5.53. The minimum Gasteiger partial charge on any atom is -0.506 e. The minimum absolute atomic E-state index is 0.0961. The summed E-state index contributed by atoms with van der Waals surface area (Å²) < 4.78 is 1.82. The summed E-state index contributed by atoms with van der Waals surface area (Å²) in [5.41, 5.74) is 0. The molecule has 0 aliphatic heterocycles. The zero-order chi connectivity index (χ0) is 10.3. The molecule has 0 unspecified atom stereocenters.